The fraction of sp³-hybridized carbons (Fsp3) is 0.632. The quantitative estimate of drug-likeness (QED) is 0.717. The van der Waals surface area contributed by atoms with Crippen molar-refractivity contribution in [2.24, 2.45) is 11.7 Å². The summed E-state index contributed by atoms with van der Waals surface area (Å²) in [4.78, 5) is 31.6. The van der Waals surface area contributed by atoms with Crippen LogP contribution < -0.4 is 15.4 Å². The minimum Gasteiger partial charge on any atom is -0.476 e. The van der Waals surface area contributed by atoms with E-state index in [1.54, 1.807) is 0 Å². The second kappa shape index (κ2) is 6.79. The molecule has 0 bridgehead atoms. The first-order valence-corrected chi connectivity index (χ1v) is 9.64. The molecule has 3 N–H and O–H groups in total. The molecule has 1 aromatic heterocycles. The van der Waals surface area contributed by atoms with E-state index in [4.69, 9.17) is 10.5 Å². The zero-order valence-electron chi connectivity index (χ0n) is 16.1. The first kappa shape index (κ1) is 19.8. The molecular weight excluding hydrogens is 386 g/mol. The lowest BCUT2D eigenvalue weighted by molar-refractivity contribution is -0.121. The zero-order chi connectivity index (χ0) is 21.0. The van der Waals surface area contributed by atoms with Gasteiger partial charge in [-0.1, -0.05) is 0 Å². The number of anilines is 1. The van der Waals surface area contributed by atoms with E-state index in [0.717, 1.165) is 12.8 Å². The molecule has 1 aliphatic carbocycles. The Morgan fingerprint density at radius 1 is 1.31 bits per heavy atom. The molecule has 3 fully saturated rings. The average molecular weight is 410 g/mol. The van der Waals surface area contributed by atoms with Gasteiger partial charge in [0.25, 0.3) is 11.8 Å². The molecule has 29 heavy (non-hydrogen) atoms. The maximum Gasteiger partial charge on any atom is 0.282 e. The van der Waals surface area contributed by atoms with E-state index in [1.165, 1.54) is 28.9 Å². The smallest absolute Gasteiger partial charge is 0.282 e. The molecule has 2 unspecified atom stereocenters. The van der Waals surface area contributed by atoms with E-state index in [-0.39, 0.29) is 24.5 Å². The predicted octanol–water partition coefficient (Wildman–Crippen LogP) is 0.776. The van der Waals surface area contributed by atoms with Crippen LogP contribution in [0.5, 0.6) is 5.88 Å². The number of halogens is 2. The van der Waals surface area contributed by atoms with Crippen molar-refractivity contribution < 1.29 is 28.2 Å². The summed E-state index contributed by atoms with van der Waals surface area (Å²) in [6.45, 7) is 1.02. The topological polar surface area (TPSA) is 109 Å². The van der Waals surface area contributed by atoms with E-state index >= 15 is 0 Å². The summed E-state index contributed by atoms with van der Waals surface area (Å²) in [5.41, 5.74) is 4.58. The second-order valence-electron chi connectivity index (χ2n) is 8.54. The number of likely N-dealkylation sites (tertiary alicyclic amines) is 1. The van der Waals surface area contributed by atoms with Gasteiger partial charge in [0, 0.05) is 6.42 Å². The van der Waals surface area contributed by atoms with Crippen LogP contribution in [0.25, 0.3) is 0 Å². The number of amides is 2. The number of carbonyl (C=O) groups is 2. The number of rotatable bonds is 6. The molecule has 0 aromatic carbocycles. The number of nitrogens with zero attached hydrogens (tertiary/aromatic N) is 3. The van der Waals surface area contributed by atoms with Gasteiger partial charge in [-0.2, -0.15) is 0 Å². The van der Waals surface area contributed by atoms with Crippen LogP contribution in [0.1, 0.15) is 36.7 Å². The minimum atomic E-state index is -2.75. The van der Waals surface area contributed by atoms with Crippen LogP contribution in [0.2, 0.25) is 0 Å². The molecule has 2 saturated heterocycles. The Hall–Kier alpha value is -2.49. The van der Waals surface area contributed by atoms with Crippen LogP contribution in [0.4, 0.5) is 14.5 Å². The Labute approximate surface area is 166 Å². The lowest BCUT2D eigenvalue weighted by Gasteiger charge is -2.40. The summed E-state index contributed by atoms with van der Waals surface area (Å²) in [6, 6.07) is 2.01. The van der Waals surface area contributed by atoms with Crippen LogP contribution in [-0.4, -0.2) is 70.6 Å². The Morgan fingerprint density at radius 3 is 2.59 bits per heavy atom. The third kappa shape index (κ3) is 4.12. The number of alkyl halides is 2. The van der Waals surface area contributed by atoms with Crippen molar-refractivity contribution >= 4 is 17.5 Å². The van der Waals surface area contributed by atoms with Crippen molar-refractivity contribution in [1.29, 1.82) is 0 Å². The van der Waals surface area contributed by atoms with Crippen LogP contribution in [0.3, 0.4) is 0 Å². The van der Waals surface area contributed by atoms with Crippen LogP contribution in [0.15, 0.2) is 12.1 Å². The summed E-state index contributed by atoms with van der Waals surface area (Å²) < 4.78 is 32.3. The van der Waals surface area contributed by atoms with Gasteiger partial charge in [0.1, 0.15) is 17.4 Å². The highest BCUT2D eigenvalue weighted by Gasteiger charge is 2.46. The van der Waals surface area contributed by atoms with Gasteiger partial charge in [-0.05, 0) is 37.8 Å². The van der Waals surface area contributed by atoms with Gasteiger partial charge >= 0.3 is 0 Å². The number of primary amides is 1. The van der Waals surface area contributed by atoms with Gasteiger partial charge in [-0.3, -0.25) is 9.59 Å². The number of aliphatic hydroxyl groups is 1. The molecular formula is C19H24F2N4O4. The number of hydrogen-bond donors (Lipinski definition) is 2. The second-order valence-corrected chi connectivity index (χ2v) is 8.54. The minimum absolute atomic E-state index is 0.00998. The number of pyridine rings is 1. The molecule has 1 saturated carbocycles. The number of β-amino-alcohol motifs (C(OH)–C–C–N with tert-alkyl or cyclic N) is 1. The fourth-order valence-electron chi connectivity index (χ4n) is 3.75. The van der Waals surface area contributed by atoms with Crippen molar-refractivity contribution in [2.45, 2.75) is 43.8 Å². The molecule has 2 atom stereocenters. The Kier molecular flexibility index (Phi) is 4.64. The summed E-state index contributed by atoms with van der Waals surface area (Å²) >= 11 is 0. The number of hydrogen-bond acceptors (Lipinski definition) is 6. The molecule has 1 aromatic rings. The number of carbonyl (C=O) groups excluding carboxylic acids is 2. The monoisotopic (exact) mass is 410 g/mol. The molecule has 4 rings (SSSR count). The highest BCUT2D eigenvalue weighted by atomic mass is 19.3. The summed E-state index contributed by atoms with van der Waals surface area (Å²) in [5, 5.41) is 10.3. The maximum absolute atomic E-state index is 13.3. The van der Waals surface area contributed by atoms with Gasteiger partial charge in [-0.15, -0.1) is 0 Å². The summed E-state index contributed by atoms with van der Waals surface area (Å²) in [5.74, 6) is -3.49. The molecule has 8 nitrogen and oxygen atoms in total. The van der Waals surface area contributed by atoms with Crippen molar-refractivity contribution in [3.8, 4) is 5.88 Å². The Balaban J connectivity index is 1.58. The molecule has 158 valence electrons. The predicted molar refractivity (Wildman–Crippen MR) is 98.9 cm³/mol. The lowest BCUT2D eigenvalue weighted by atomic mass is 10.0. The molecule has 10 heteroatoms. The van der Waals surface area contributed by atoms with Crippen molar-refractivity contribution in [3.63, 3.8) is 0 Å². The summed E-state index contributed by atoms with van der Waals surface area (Å²) in [6.07, 6.45) is 2.12. The number of aromatic nitrogens is 1. The maximum atomic E-state index is 13.3. The zero-order valence-corrected chi connectivity index (χ0v) is 16.1. The summed E-state index contributed by atoms with van der Waals surface area (Å²) in [7, 11) is 0. The van der Waals surface area contributed by atoms with Crippen LogP contribution in [0, 0.1) is 5.92 Å². The van der Waals surface area contributed by atoms with Gasteiger partial charge in [-0.25, -0.2) is 13.8 Å². The third-order valence-corrected chi connectivity index (χ3v) is 5.51. The van der Waals surface area contributed by atoms with Crippen molar-refractivity contribution in [2.75, 3.05) is 31.1 Å². The van der Waals surface area contributed by atoms with Crippen LogP contribution >= 0.6 is 0 Å². The van der Waals surface area contributed by atoms with Gasteiger partial charge < -0.3 is 25.4 Å². The van der Waals surface area contributed by atoms with E-state index < -0.39 is 42.5 Å². The third-order valence-electron chi connectivity index (χ3n) is 5.51. The Morgan fingerprint density at radius 2 is 2.00 bits per heavy atom. The molecule has 0 radical (unpaired) electrons. The molecule has 2 amide bonds. The standard InChI is InChI=1S/C19H24F2N4O4/c1-18(28)6-14(15(22)26)25(8-18)17(27)12-4-5-13(24-9-19(20,21)10-24)16(23-12)29-7-11-2-3-11/h4-5,11,14,28H,2-3,6-10H2,1H3,(H2,22,26). The van der Waals surface area contributed by atoms with Crippen molar-refractivity contribution in [1.82, 2.24) is 9.88 Å². The molecule has 2 aliphatic heterocycles. The van der Waals surface area contributed by atoms with Gasteiger partial charge in [0.05, 0.1) is 31.8 Å². The fourth-order valence-corrected chi connectivity index (χ4v) is 3.75. The number of nitrogens with two attached hydrogens (primary N) is 1. The number of ether oxygens (including phenoxy) is 1. The molecule has 3 aliphatic rings. The van der Waals surface area contributed by atoms with E-state index in [2.05, 4.69) is 4.98 Å². The normalized spacial score (nSPS) is 28.2. The molecule has 0 spiro atoms. The van der Waals surface area contributed by atoms with Crippen molar-refractivity contribution in [3.05, 3.63) is 17.8 Å². The largest absolute Gasteiger partial charge is 0.476 e. The first-order valence-electron chi connectivity index (χ1n) is 9.64. The Bertz CT molecular complexity index is 835. The molecule has 3 heterocycles. The highest BCUT2D eigenvalue weighted by molar-refractivity contribution is 5.97. The SMILES string of the molecule is CC1(O)CC(C(N)=O)N(C(=O)c2ccc(N3CC(F)(F)C3)c(OCC3CC3)n2)C1. The van der Waals surface area contributed by atoms with Gasteiger partial charge in [0.15, 0.2) is 0 Å². The van der Waals surface area contributed by atoms with E-state index in [1.807, 2.05) is 0 Å². The van der Waals surface area contributed by atoms with Gasteiger partial charge in [0.2, 0.25) is 11.8 Å². The van der Waals surface area contributed by atoms with Crippen LogP contribution in [-0.2, 0) is 4.79 Å². The van der Waals surface area contributed by atoms with E-state index in [9.17, 15) is 23.5 Å². The highest BCUT2D eigenvalue weighted by Crippen LogP contribution is 2.38. The first-order chi connectivity index (χ1) is 13.5. The lowest BCUT2D eigenvalue weighted by Crippen LogP contribution is -2.56. The van der Waals surface area contributed by atoms with E-state index in [0.29, 0.717) is 18.2 Å². The average Bonchev–Trinajstić information content (AvgIpc) is 3.38.